The van der Waals surface area contributed by atoms with Crippen molar-refractivity contribution < 1.29 is 33.3 Å². The fourth-order valence-electron chi connectivity index (χ4n) is 2.05. The summed E-state index contributed by atoms with van der Waals surface area (Å²) < 4.78 is 20.4. The van der Waals surface area contributed by atoms with Crippen LogP contribution in [0.2, 0.25) is 0 Å². The molecule has 0 bridgehead atoms. The Morgan fingerprint density at radius 3 is 2.17 bits per heavy atom. The van der Waals surface area contributed by atoms with Gasteiger partial charge in [0.05, 0.1) is 0 Å². The normalized spacial score (nSPS) is 29.8. The minimum Gasteiger partial charge on any atom is -0.463 e. The molecule has 1 aliphatic heterocycles. The van der Waals surface area contributed by atoms with Gasteiger partial charge < -0.3 is 18.9 Å². The lowest BCUT2D eigenvalue weighted by Gasteiger charge is -2.41. The molecule has 0 amide bonds. The summed E-state index contributed by atoms with van der Waals surface area (Å²) in [6.45, 7) is 3.19. The van der Waals surface area contributed by atoms with E-state index in [0.717, 1.165) is 13.8 Å². The third kappa shape index (κ3) is 5.59. The lowest BCUT2D eigenvalue weighted by atomic mass is 9.98. The van der Waals surface area contributed by atoms with Crippen LogP contribution in [-0.4, -0.2) is 54.4 Å². The molecule has 23 heavy (non-hydrogen) atoms. The maximum absolute atomic E-state index is 11.3. The van der Waals surface area contributed by atoms with E-state index in [4.69, 9.17) is 36.1 Å². The van der Waals surface area contributed by atoms with Gasteiger partial charge in [-0.2, -0.15) is 0 Å². The molecule has 1 saturated heterocycles. The second kappa shape index (κ2) is 8.56. The number of rotatable bonds is 5. The van der Waals surface area contributed by atoms with Gasteiger partial charge in [0.1, 0.15) is 24.3 Å². The lowest BCUT2D eigenvalue weighted by Crippen LogP contribution is -2.59. The third-order valence-corrected chi connectivity index (χ3v) is 3.20. The van der Waals surface area contributed by atoms with Crippen molar-refractivity contribution in [1.29, 1.82) is 0 Å². The molecule has 2 unspecified atom stereocenters. The summed E-state index contributed by atoms with van der Waals surface area (Å²) in [5.74, 6) is -1.96. The maximum Gasteiger partial charge on any atom is 0.303 e. The molecule has 1 rings (SSSR count). The molecule has 0 aromatic heterocycles. The highest BCUT2D eigenvalue weighted by Crippen LogP contribution is 2.30. The van der Waals surface area contributed by atoms with Crippen LogP contribution >= 0.6 is 11.6 Å². The van der Waals surface area contributed by atoms with Crippen LogP contribution in [-0.2, 0) is 33.3 Å². The zero-order chi connectivity index (χ0) is 17.6. The van der Waals surface area contributed by atoms with Gasteiger partial charge in [-0.15, -0.1) is 0 Å². The highest BCUT2D eigenvalue weighted by Gasteiger charge is 2.49. The highest BCUT2D eigenvalue weighted by molar-refractivity contribution is 6.20. The molecule has 0 saturated carbocycles. The number of esters is 3. The van der Waals surface area contributed by atoms with Gasteiger partial charge >= 0.3 is 17.9 Å². The average molecular weight is 350 g/mol. The van der Waals surface area contributed by atoms with Crippen LogP contribution < -0.4 is 0 Å². The molecule has 1 heterocycles. The summed E-state index contributed by atoms with van der Waals surface area (Å²) in [6, 6.07) is -1.12. The Kier molecular flexibility index (Phi) is 7.08. The van der Waals surface area contributed by atoms with Gasteiger partial charge in [-0.25, -0.2) is 0 Å². The molecule has 5 atom stereocenters. The van der Waals surface area contributed by atoms with Crippen LogP contribution in [0.15, 0.2) is 5.11 Å². The molecule has 1 fully saturated rings. The van der Waals surface area contributed by atoms with Gasteiger partial charge in [0, 0.05) is 25.7 Å². The van der Waals surface area contributed by atoms with Gasteiger partial charge in [0.25, 0.3) is 0 Å². The Balaban J connectivity index is 3.11. The zero-order valence-corrected chi connectivity index (χ0v) is 13.4. The number of hydrogen-bond donors (Lipinski definition) is 0. The molecule has 0 aromatic rings. The smallest absolute Gasteiger partial charge is 0.303 e. The Hall–Kier alpha value is -2.03. The van der Waals surface area contributed by atoms with Crippen molar-refractivity contribution in [3.63, 3.8) is 0 Å². The predicted molar refractivity (Wildman–Crippen MR) is 75.2 cm³/mol. The summed E-state index contributed by atoms with van der Waals surface area (Å²) in [6.07, 6.45) is -3.31. The van der Waals surface area contributed by atoms with Crippen LogP contribution in [0.5, 0.6) is 0 Å². The number of alkyl halides is 1. The van der Waals surface area contributed by atoms with E-state index in [9.17, 15) is 14.4 Å². The summed E-state index contributed by atoms with van der Waals surface area (Å²) in [5.41, 5.74) is 7.46. The maximum atomic E-state index is 11.3. The first kappa shape index (κ1) is 19.0. The standard InChI is InChI=1S/C12H16ClN3O7/c1-5(17)20-4-8-10(21-6(2)18)11(22-7(3)19)9(15-16-14)12(13)23-8/h8-12H,4H2,1-3H3/t8?,9-,10+,11?,12-/m1/s1. The lowest BCUT2D eigenvalue weighted by molar-refractivity contribution is -0.209. The SMILES string of the molecule is CC(=O)OCC1O[C@@H](Cl)[C@H](N=[N+]=[N-])C(OC(C)=O)[C@H]1OC(C)=O. The van der Waals surface area contributed by atoms with Crippen molar-refractivity contribution in [3.8, 4) is 0 Å². The van der Waals surface area contributed by atoms with Crippen molar-refractivity contribution in [2.45, 2.75) is 50.7 Å². The van der Waals surface area contributed by atoms with E-state index in [1.54, 1.807) is 0 Å². The van der Waals surface area contributed by atoms with Gasteiger partial charge in [-0.05, 0) is 5.53 Å². The molecule has 0 spiro atoms. The summed E-state index contributed by atoms with van der Waals surface area (Å²) in [4.78, 5) is 36.2. The van der Waals surface area contributed by atoms with Crippen LogP contribution in [0.3, 0.4) is 0 Å². The summed E-state index contributed by atoms with van der Waals surface area (Å²) >= 11 is 5.99. The zero-order valence-electron chi connectivity index (χ0n) is 12.7. The number of halogens is 1. The van der Waals surface area contributed by atoms with Gasteiger partial charge in [0.2, 0.25) is 0 Å². The summed E-state index contributed by atoms with van der Waals surface area (Å²) in [5, 5.41) is 3.43. The molecule has 128 valence electrons. The monoisotopic (exact) mass is 349 g/mol. The van der Waals surface area contributed by atoms with Crippen molar-refractivity contribution >= 4 is 29.5 Å². The molecular formula is C12H16ClN3O7. The minimum absolute atomic E-state index is 0.281. The van der Waals surface area contributed by atoms with Crippen LogP contribution in [0.4, 0.5) is 0 Å². The molecule has 0 radical (unpaired) electrons. The average Bonchev–Trinajstić information content (AvgIpc) is 2.42. The van der Waals surface area contributed by atoms with Crippen molar-refractivity contribution in [3.05, 3.63) is 10.4 Å². The Morgan fingerprint density at radius 1 is 1.13 bits per heavy atom. The van der Waals surface area contributed by atoms with E-state index in [0.29, 0.717) is 0 Å². The number of carbonyl (C=O) groups excluding carboxylic acids is 3. The molecule has 0 aliphatic carbocycles. The third-order valence-electron chi connectivity index (χ3n) is 2.84. The molecule has 11 heteroatoms. The minimum atomic E-state index is -1.18. The van der Waals surface area contributed by atoms with Gasteiger partial charge in [0.15, 0.2) is 12.2 Å². The van der Waals surface area contributed by atoms with Crippen LogP contribution in [0.1, 0.15) is 20.8 Å². The summed E-state index contributed by atoms with van der Waals surface area (Å²) in [7, 11) is 0. The van der Waals surface area contributed by atoms with E-state index in [-0.39, 0.29) is 6.61 Å². The number of ether oxygens (including phenoxy) is 4. The van der Waals surface area contributed by atoms with Crippen molar-refractivity contribution in [2.24, 2.45) is 5.11 Å². The fraction of sp³-hybridized carbons (Fsp3) is 0.750. The second-order valence-electron chi connectivity index (χ2n) is 4.67. The van der Waals surface area contributed by atoms with Gasteiger partial charge in [-0.1, -0.05) is 16.7 Å². The first-order chi connectivity index (χ1) is 10.8. The van der Waals surface area contributed by atoms with E-state index < -0.39 is 47.8 Å². The van der Waals surface area contributed by atoms with E-state index >= 15 is 0 Å². The first-order valence-corrected chi connectivity index (χ1v) is 7.01. The van der Waals surface area contributed by atoms with E-state index in [2.05, 4.69) is 10.0 Å². The molecule has 0 aromatic carbocycles. The van der Waals surface area contributed by atoms with Crippen LogP contribution in [0, 0.1) is 0 Å². The van der Waals surface area contributed by atoms with Gasteiger partial charge in [-0.3, -0.25) is 14.4 Å². The topological polar surface area (TPSA) is 137 Å². The van der Waals surface area contributed by atoms with Crippen molar-refractivity contribution in [2.75, 3.05) is 6.61 Å². The Bertz CT molecular complexity index is 523. The van der Waals surface area contributed by atoms with E-state index in [1.165, 1.54) is 6.92 Å². The van der Waals surface area contributed by atoms with Crippen molar-refractivity contribution in [1.82, 2.24) is 0 Å². The predicted octanol–water partition coefficient (Wildman–Crippen LogP) is 1.06. The second-order valence-corrected chi connectivity index (χ2v) is 5.10. The Morgan fingerprint density at radius 2 is 1.70 bits per heavy atom. The first-order valence-electron chi connectivity index (χ1n) is 6.57. The largest absolute Gasteiger partial charge is 0.463 e. The molecule has 0 N–H and O–H groups in total. The Labute approximate surface area is 136 Å². The quantitative estimate of drug-likeness (QED) is 0.180. The molecule has 10 nitrogen and oxygen atoms in total. The fourth-order valence-corrected chi connectivity index (χ4v) is 2.38. The van der Waals surface area contributed by atoms with Crippen LogP contribution in [0.25, 0.3) is 10.4 Å². The number of azide groups is 1. The molecule has 1 aliphatic rings. The highest BCUT2D eigenvalue weighted by atomic mass is 35.5. The number of carbonyl (C=O) groups is 3. The molecular weight excluding hydrogens is 334 g/mol. The number of hydrogen-bond acceptors (Lipinski definition) is 8. The number of nitrogens with zero attached hydrogens (tertiary/aromatic N) is 3. The van der Waals surface area contributed by atoms with E-state index in [1.807, 2.05) is 0 Å².